The molecular formula is C20H26N2O5. The summed E-state index contributed by atoms with van der Waals surface area (Å²) in [6, 6.07) is 10.9. The van der Waals surface area contributed by atoms with E-state index in [1.165, 1.54) is 0 Å². The van der Waals surface area contributed by atoms with Crippen LogP contribution in [0.5, 0.6) is 23.0 Å². The average Bonchev–Trinajstić information content (AvgIpc) is 2.70. The third-order valence-corrected chi connectivity index (χ3v) is 3.87. The van der Waals surface area contributed by atoms with Crippen molar-refractivity contribution < 1.29 is 23.7 Å². The van der Waals surface area contributed by atoms with E-state index in [4.69, 9.17) is 18.9 Å². The number of rotatable bonds is 9. The number of aryl methyl sites for hydroxylation is 1. The lowest BCUT2D eigenvalue weighted by Crippen LogP contribution is -2.37. The molecule has 0 aliphatic heterocycles. The lowest BCUT2D eigenvalue weighted by atomic mass is 10.2. The van der Waals surface area contributed by atoms with Crippen molar-refractivity contribution in [1.29, 1.82) is 0 Å². The quantitative estimate of drug-likeness (QED) is 0.660. The molecule has 146 valence electrons. The number of carbonyl (C=O) groups excluding carboxylic acids is 1. The normalized spacial score (nSPS) is 10.1. The van der Waals surface area contributed by atoms with Crippen molar-refractivity contribution >= 4 is 6.03 Å². The van der Waals surface area contributed by atoms with Gasteiger partial charge in [-0.25, -0.2) is 4.79 Å². The molecule has 7 heteroatoms. The zero-order valence-electron chi connectivity index (χ0n) is 16.1. The number of urea groups is 1. The second-order valence-corrected chi connectivity index (χ2v) is 5.80. The minimum atomic E-state index is -0.274. The number of benzene rings is 2. The first kappa shape index (κ1) is 20.2. The molecule has 0 aliphatic rings. The minimum absolute atomic E-state index is 0.274. The van der Waals surface area contributed by atoms with E-state index in [1.54, 1.807) is 27.4 Å². The van der Waals surface area contributed by atoms with Crippen molar-refractivity contribution in [1.82, 2.24) is 10.6 Å². The molecule has 0 heterocycles. The number of nitrogens with one attached hydrogen (secondary N) is 2. The van der Waals surface area contributed by atoms with Gasteiger partial charge in [0, 0.05) is 6.54 Å². The molecule has 0 spiro atoms. The van der Waals surface area contributed by atoms with Crippen LogP contribution in [0.2, 0.25) is 0 Å². The van der Waals surface area contributed by atoms with Crippen LogP contribution in [0.4, 0.5) is 4.79 Å². The summed E-state index contributed by atoms with van der Waals surface area (Å²) in [6.45, 7) is 3.06. The predicted molar refractivity (Wildman–Crippen MR) is 103 cm³/mol. The molecule has 0 radical (unpaired) electrons. The van der Waals surface area contributed by atoms with Crippen LogP contribution in [0.15, 0.2) is 36.4 Å². The zero-order chi connectivity index (χ0) is 19.6. The van der Waals surface area contributed by atoms with E-state index in [-0.39, 0.29) is 6.03 Å². The monoisotopic (exact) mass is 374 g/mol. The molecule has 0 atom stereocenters. The van der Waals surface area contributed by atoms with Gasteiger partial charge in [0.25, 0.3) is 0 Å². The molecule has 0 aromatic heterocycles. The fraction of sp³-hybridized carbons (Fsp3) is 0.350. The number of hydrogen-bond acceptors (Lipinski definition) is 5. The fourth-order valence-corrected chi connectivity index (χ4v) is 2.46. The van der Waals surface area contributed by atoms with Gasteiger partial charge in [0.15, 0.2) is 23.0 Å². The van der Waals surface area contributed by atoms with Crippen molar-refractivity contribution in [3.05, 3.63) is 47.5 Å². The minimum Gasteiger partial charge on any atom is -0.493 e. The summed E-state index contributed by atoms with van der Waals surface area (Å²) in [5.74, 6) is 2.59. The van der Waals surface area contributed by atoms with Crippen LogP contribution in [0.1, 0.15) is 11.1 Å². The molecule has 2 rings (SSSR count). The van der Waals surface area contributed by atoms with Gasteiger partial charge in [-0.05, 0) is 42.3 Å². The van der Waals surface area contributed by atoms with Gasteiger partial charge in [0.2, 0.25) is 0 Å². The number of ether oxygens (including phenoxy) is 4. The highest BCUT2D eigenvalue weighted by atomic mass is 16.5. The van der Waals surface area contributed by atoms with Crippen LogP contribution in [0.3, 0.4) is 0 Å². The van der Waals surface area contributed by atoms with E-state index < -0.39 is 0 Å². The topological polar surface area (TPSA) is 78.1 Å². The Labute approximate surface area is 159 Å². The fourth-order valence-electron chi connectivity index (χ4n) is 2.46. The maximum absolute atomic E-state index is 11.9. The molecule has 2 aromatic carbocycles. The maximum atomic E-state index is 11.9. The predicted octanol–water partition coefficient (Wildman–Crippen LogP) is 2.90. The number of methoxy groups -OCH3 is 3. The summed E-state index contributed by atoms with van der Waals surface area (Å²) in [5, 5.41) is 5.54. The number of amides is 2. The molecule has 27 heavy (non-hydrogen) atoms. The molecular weight excluding hydrogens is 348 g/mol. The third kappa shape index (κ3) is 5.99. The number of carbonyl (C=O) groups is 1. The standard InChI is InChI=1S/C20H26N2O5/c1-14-5-7-17(18(11-14)25-3)27-10-9-21-20(23)22-13-15-6-8-16(24-2)19(12-15)26-4/h5-8,11-12H,9-10,13H2,1-4H3,(H2,21,22,23). The average molecular weight is 374 g/mol. The molecule has 0 aliphatic carbocycles. The number of hydrogen-bond donors (Lipinski definition) is 2. The summed E-state index contributed by atoms with van der Waals surface area (Å²) >= 11 is 0. The first-order chi connectivity index (χ1) is 13.1. The highest BCUT2D eigenvalue weighted by molar-refractivity contribution is 5.73. The van der Waals surface area contributed by atoms with E-state index in [9.17, 15) is 4.79 Å². The molecule has 2 amide bonds. The third-order valence-electron chi connectivity index (χ3n) is 3.87. The lowest BCUT2D eigenvalue weighted by molar-refractivity contribution is 0.235. The smallest absolute Gasteiger partial charge is 0.315 e. The first-order valence-electron chi connectivity index (χ1n) is 8.57. The summed E-state index contributed by atoms with van der Waals surface area (Å²) in [6.07, 6.45) is 0. The van der Waals surface area contributed by atoms with Gasteiger partial charge >= 0.3 is 6.03 Å². The van der Waals surface area contributed by atoms with Crippen LogP contribution < -0.4 is 29.6 Å². The van der Waals surface area contributed by atoms with Crippen LogP contribution >= 0.6 is 0 Å². The van der Waals surface area contributed by atoms with Gasteiger partial charge in [0.05, 0.1) is 27.9 Å². The Kier molecular flexibility index (Phi) is 7.61. The van der Waals surface area contributed by atoms with Crippen molar-refractivity contribution in [2.24, 2.45) is 0 Å². The van der Waals surface area contributed by atoms with Crippen LogP contribution in [0.25, 0.3) is 0 Å². The molecule has 0 saturated heterocycles. The zero-order valence-corrected chi connectivity index (χ0v) is 16.1. The molecule has 0 unspecified atom stereocenters. The highest BCUT2D eigenvalue weighted by Crippen LogP contribution is 2.28. The second-order valence-electron chi connectivity index (χ2n) is 5.80. The van der Waals surface area contributed by atoms with E-state index in [2.05, 4.69) is 10.6 Å². The van der Waals surface area contributed by atoms with Crippen LogP contribution in [-0.4, -0.2) is 40.5 Å². The van der Waals surface area contributed by atoms with Crippen molar-refractivity contribution in [2.45, 2.75) is 13.5 Å². The summed E-state index contributed by atoms with van der Waals surface area (Å²) in [4.78, 5) is 11.9. The summed E-state index contributed by atoms with van der Waals surface area (Å²) in [7, 11) is 4.75. The van der Waals surface area contributed by atoms with E-state index >= 15 is 0 Å². The second kappa shape index (κ2) is 10.2. The van der Waals surface area contributed by atoms with Crippen molar-refractivity contribution in [3.63, 3.8) is 0 Å². The van der Waals surface area contributed by atoms with Gasteiger partial charge < -0.3 is 29.6 Å². The molecule has 2 N–H and O–H groups in total. The van der Waals surface area contributed by atoms with Crippen LogP contribution in [-0.2, 0) is 6.54 Å². The summed E-state index contributed by atoms with van der Waals surface area (Å²) < 4.78 is 21.4. The van der Waals surface area contributed by atoms with Gasteiger partial charge in [0.1, 0.15) is 6.61 Å². The summed E-state index contributed by atoms with van der Waals surface area (Å²) in [5.41, 5.74) is 2.00. The Morgan fingerprint density at radius 2 is 1.52 bits per heavy atom. The molecule has 2 aromatic rings. The molecule has 7 nitrogen and oxygen atoms in total. The van der Waals surface area contributed by atoms with E-state index in [1.807, 2.05) is 37.3 Å². The lowest BCUT2D eigenvalue weighted by Gasteiger charge is -2.13. The van der Waals surface area contributed by atoms with Gasteiger partial charge in [-0.2, -0.15) is 0 Å². The Hall–Kier alpha value is -3.09. The van der Waals surface area contributed by atoms with E-state index in [0.29, 0.717) is 42.7 Å². The Morgan fingerprint density at radius 1 is 0.852 bits per heavy atom. The van der Waals surface area contributed by atoms with Gasteiger partial charge in [-0.1, -0.05) is 12.1 Å². The maximum Gasteiger partial charge on any atom is 0.315 e. The highest BCUT2D eigenvalue weighted by Gasteiger charge is 2.07. The SMILES string of the molecule is COc1ccc(CNC(=O)NCCOc2ccc(C)cc2OC)cc1OC. The molecule has 0 saturated carbocycles. The molecule has 0 fully saturated rings. The first-order valence-corrected chi connectivity index (χ1v) is 8.57. The van der Waals surface area contributed by atoms with E-state index in [0.717, 1.165) is 11.1 Å². The Balaban J connectivity index is 1.74. The Morgan fingerprint density at radius 3 is 2.22 bits per heavy atom. The van der Waals surface area contributed by atoms with Gasteiger partial charge in [-0.3, -0.25) is 0 Å². The van der Waals surface area contributed by atoms with Crippen LogP contribution in [0, 0.1) is 6.92 Å². The van der Waals surface area contributed by atoms with Crippen molar-refractivity contribution in [2.75, 3.05) is 34.5 Å². The molecule has 0 bridgehead atoms. The van der Waals surface area contributed by atoms with Crippen molar-refractivity contribution in [3.8, 4) is 23.0 Å². The largest absolute Gasteiger partial charge is 0.493 e. The Bertz CT molecular complexity index is 764. The van der Waals surface area contributed by atoms with Gasteiger partial charge in [-0.15, -0.1) is 0 Å².